The minimum atomic E-state index is -1.03. The molecule has 4 aliphatic heterocycles. The maximum absolute atomic E-state index is 14.1. The Morgan fingerprint density at radius 3 is 1.39 bits per heavy atom. The number of fused-ring (bicyclic) bond motifs is 2. The lowest BCUT2D eigenvalue weighted by Gasteiger charge is -2.33. The van der Waals surface area contributed by atoms with Crippen LogP contribution >= 0.6 is 0 Å². The molecule has 4 saturated heterocycles. The Labute approximate surface area is 463 Å². The van der Waals surface area contributed by atoms with Crippen LogP contribution in [0.4, 0.5) is 0 Å². The molecular formula is C57H85N9O13. The monoisotopic (exact) mass is 1100 g/mol. The minimum Gasteiger partial charge on any atom is -0.396 e. The predicted molar refractivity (Wildman–Crippen MR) is 291 cm³/mol. The summed E-state index contributed by atoms with van der Waals surface area (Å²) in [4.78, 5) is 112. The lowest BCUT2D eigenvalue weighted by Crippen LogP contribution is -2.59. The molecule has 11 atom stereocenters. The first-order chi connectivity index (χ1) is 38.3. The number of carbonyl (C=O) groups is 8. The summed E-state index contributed by atoms with van der Waals surface area (Å²) in [6, 6.07) is 11.1. The van der Waals surface area contributed by atoms with Gasteiger partial charge in [0, 0.05) is 69.9 Å². The van der Waals surface area contributed by atoms with Gasteiger partial charge < -0.3 is 71.4 Å². The number of likely N-dealkylation sites (N-methyl/N-ethyl adjacent to an activating group) is 1. The molecule has 0 radical (unpaired) electrons. The van der Waals surface area contributed by atoms with Crippen LogP contribution in [0, 0.1) is 11.8 Å². The topological polar surface area (TPSA) is 295 Å². The van der Waals surface area contributed by atoms with Gasteiger partial charge in [-0.1, -0.05) is 74.5 Å². The molecule has 2 aromatic carbocycles. The molecule has 4 fully saturated rings. The number of amides is 8. The van der Waals surface area contributed by atoms with Crippen LogP contribution in [0.2, 0.25) is 0 Å². The fourth-order valence-electron chi connectivity index (χ4n) is 11.3. The van der Waals surface area contributed by atoms with Crippen molar-refractivity contribution < 1.29 is 62.8 Å². The van der Waals surface area contributed by atoms with Crippen molar-refractivity contribution in [3.8, 4) is 0 Å². The molecule has 0 aromatic heterocycles. The smallest absolute Gasteiger partial charge is 0.247 e. The summed E-state index contributed by atoms with van der Waals surface area (Å²) in [6.07, 6.45) is 6.52. The van der Waals surface area contributed by atoms with Gasteiger partial charge in [-0.25, -0.2) is 0 Å². The lowest BCUT2D eigenvalue weighted by atomic mass is 9.93. The first-order valence-electron chi connectivity index (χ1n) is 28.5. The zero-order valence-electron chi connectivity index (χ0n) is 46.2. The van der Waals surface area contributed by atoms with Crippen molar-refractivity contribution in [1.82, 2.24) is 47.0 Å². The molecule has 6 rings (SSSR count). The van der Waals surface area contributed by atoms with Crippen LogP contribution in [0.5, 0.6) is 0 Å². The van der Waals surface area contributed by atoms with E-state index < -0.39 is 83.7 Å². The Morgan fingerprint density at radius 2 is 0.987 bits per heavy atom. The average molecular weight is 1100 g/mol. The number of nitrogens with one attached hydrogen (secondary N) is 7. The van der Waals surface area contributed by atoms with Crippen LogP contribution in [0.1, 0.15) is 121 Å². The molecule has 79 heavy (non-hydrogen) atoms. The molecular weight excluding hydrogens is 1020 g/mol. The summed E-state index contributed by atoms with van der Waals surface area (Å²) in [7, 11) is 1.67. The zero-order chi connectivity index (χ0) is 56.7. The molecule has 11 unspecified atom stereocenters. The number of hydrogen-bond donors (Lipinski definition) is 9. The number of carbonyl (C=O) groups excluding carboxylic acids is 8. The van der Waals surface area contributed by atoms with Crippen molar-refractivity contribution in [3.63, 3.8) is 0 Å². The molecule has 436 valence electrons. The Bertz CT molecular complexity index is 2290. The van der Waals surface area contributed by atoms with Gasteiger partial charge in [0.1, 0.15) is 36.3 Å². The first kappa shape index (κ1) is 62.2. The molecule has 0 aliphatic carbocycles. The van der Waals surface area contributed by atoms with Gasteiger partial charge in [-0.15, -0.1) is 0 Å². The van der Waals surface area contributed by atoms with Gasteiger partial charge in [0.15, 0.2) is 0 Å². The fraction of sp³-hybridized carbons (Fsp3) is 0.649. The van der Waals surface area contributed by atoms with E-state index in [4.69, 9.17) is 14.2 Å². The summed E-state index contributed by atoms with van der Waals surface area (Å²) < 4.78 is 17.1. The van der Waals surface area contributed by atoms with Crippen molar-refractivity contribution in [2.45, 2.75) is 152 Å². The minimum absolute atomic E-state index is 0.216. The second-order valence-corrected chi connectivity index (χ2v) is 20.9. The number of aliphatic hydroxyl groups is 2. The van der Waals surface area contributed by atoms with Gasteiger partial charge >= 0.3 is 0 Å². The highest BCUT2D eigenvalue weighted by Gasteiger charge is 2.50. The maximum atomic E-state index is 14.1. The third-order valence-corrected chi connectivity index (χ3v) is 15.6. The SMILES string of the molecule is CCCC(=O)NC1C(=O)N2C(CCC1CO)CCC2C(=O)NC(C(=O)NCCCOCCOCCOCCCNC(=O)C(NC(=O)C1CCC2CCC(CO)C(NC(=O)C(CC)NC)C(=O)N21)c1ccccc1)c1ccccc1. The molecule has 22 nitrogen and oxygen atoms in total. The van der Waals surface area contributed by atoms with E-state index in [1.807, 2.05) is 26.0 Å². The average Bonchev–Trinajstić information content (AvgIpc) is 4.10. The van der Waals surface area contributed by atoms with Crippen molar-refractivity contribution in [1.29, 1.82) is 0 Å². The van der Waals surface area contributed by atoms with E-state index in [1.165, 1.54) is 0 Å². The second-order valence-electron chi connectivity index (χ2n) is 20.9. The van der Waals surface area contributed by atoms with Crippen LogP contribution < -0.4 is 37.2 Å². The van der Waals surface area contributed by atoms with E-state index in [2.05, 4.69) is 37.2 Å². The van der Waals surface area contributed by atoms with E-state index >= 15 is 0 Å². The van der Waals surface area contributed by atoms with Crippen LogP contribution in [-0.2, 0) is 52.6 Å². The molecule has 9 N–H and O–H groups in total. The van der Waals surface area contributed by atoms with E-state index in [1.54, 1.807) is 65.4 Å². The summed E-state index contributed by atoms with van der Waals surface area (Å²) in [6.45, 7) is 5.67. The Hall–Kier alpha value is -6.04. The maximum Gasteiger partial charge on any atom is 0.247 e. The fourth-order valence-corrected chi connectivity index (χ4v) is 11.3. The first-order valence-corrected chi connectivity index (χ1v) is 28.5. The van der Waals surface area contributed by atoms with Crippen molar-refractivity contribution in [3.05, 3.63) is 71.8 Å². The van der Waals surface area contributed by atoms with Gasteiger partial charge in [0.2, 0.25) is 47.3 Å². The molecule has 4 heterocycles. The highest BCUT2D eigenvalue weighted by Crippen LogP contribution is 2.36. The van der Waals surface area contributed by atoms with Gasteiger partial charge in [-0.05, 0) is 95.2 Å². The Balaban J connectivity index is 0.863. The molecule has 4 aliphatic rings. The molecule has 2 aromatic rings. The van der Waals surface area contributed by atoms with E-state index in [0.717, 1.165) is 0 Å². The van der Waals surface area contributed by atoms with Gasteiger partial charge in [0.25, 0.3) is 0 Å². The predicted octanol–water partition coefficient (Wildman–Crippen LogP) is 1.06. The van der Waals surface area contributed by atoms with Crippen LogP contribution in [-0.4, -0.2) is 183 Å². The van der Waals surface area contributed by atoms with Gasteiger partial charge in [-0.2, -0.15) is 0 Å². The summed E-state index contributed by atoms with van der Waals surface area (Å²) >= 11 is 0. The van der Waals surface area contributed by atoms with E-state index in [0.29, 0.717) is 128 Å². The third kappa shape index (κ3) is 17.2. The molecule has 0 spiro atoms. The zero-order valence-corrected chi connectivity index (χ0v) is 46.2. The van der Waals surface area contributed by atoms with Crippen molar-refractivity contribution in [2.24, 2.45) is 11.8 Å². The van der Waals surface area contributed by atoms with E-state index in [9.17, 15) is 48.6 Å². The molecule has 0 saturated carbocycles. The Kier molecular flexibility index (Phi) is 25.4. The van der Waals surface area contributed by atoms with Gasteiger partial charge in [0.05, 0.1) is 32.5 Å². The van der Waals surface area contributed by atoms with Crippen LogP contribution in [0.15, 0.2) is 60.7 Å². The summed E-state index contributed by atoms with van der Waals surface area (Å²) in [5.41, 5.74) is 1.15. The number of hydrogen-bond acceptors (Lipinski definition) is 14. The van der Waals surface area contributed by atoms with E-state index in [-0.39, 0.29) is 62.5 Å². The number of benzene rings is 2. The third-order valence-electron chi connectivity index (χ3n) is 15.6. The summed E-state index contributed by atoms with van der Waals surface area (Å²) in [5.74, 6) is -4.14. The highest BCUT2D eigenvalue weighted by atomic mass is 16.5. The lowest BCUT2D eigenvalue weighted by molar-refractivity contribution is -0.144. The largest absolute Gasteiger partial charge is 0.396 e. The highest BCUT2D eigenvalue weighted by molar-refractivity contribution is 5.97. The number of rotatable bonds is 31. The molecule has 8 amide bonds. The Morgan fingerprint density at radius 1 is 0.570 bits per heavy atom. The van der Waals surface area contributed by atoms with Gasteiger partial charge in [-0.3, -0.25) is 38.4 Å². The standard InChI is InChI=1S/C57H85N9O13/c1-4-14-46(69)61-49-39(35-67)19-21-41-23-25-44(65(41)56(49)75)52(71)62-47(37-15-8-6-9-16-37)54(73)59-27-12-29-77-31-33-79-34-32-78-30-13-28-60-55(74)48(38-17-10-7-11-18-38)63-53(72)45-26-24-42-22-20-40(36-68)50(57(76)66(42)45)64-51(70)43(5-2)58-3/h6-11,15-18,39-45,47-50,58,67-68H,4-5,12-14,19-36H2,1-3H3,(H,59,73)(H,60,74)(H,61,69)(H,62,71)(H,63,72)(H,64,70). The normalized spacial score (nSPS) is 24.0. The number of ether oxygens (including phenoxy) is 3. The van der Waals surface area contributed by atoms with Crippen LogP contribution in [0.3, 0.4) is 0 Å². The summed E-state index contributed by atoms with van der Waals surface area (Å²) in [5, 5.41) is 40.6. The molecule has 0 bridgehead atoms. The van der Waals surface area contributed by atoms with Crippen molar-refractivity contribution >= 4 is 47.3 Å². The quantitative estimate of drug-likeness (QED) is 0.0478. The number of aliphatic hydroxyl groups excluding tert-OH is 2. The second kappa shape index (κ2) is 32.3. The molecule has 22 heteroatoms. The number of nitrogens with zero attached hydrogens (tertiary/aromatic N) is 2. The van der Waals surface area contributed by atoms with Crippen molar-refractivity contribution in [2.75, 3.05) is 73.0 Å². The van der Waals surface area contributed by atoms with Crippen LogP contribution in [0.25, 0.3) is 0 Å².